The van der Waals surface area contributed by atoms with Crippen LogP contribution in [0.4, 0.5) is 5.82 Å². The van der Waals surface area contributed by atoms with Crippen molar-refractivity contribution < 1.29 is 14.6 Å². The number of anilines is 1. The van der Waals surface area contributed by atoms with Crippen molar-refractivity contribution in [3.63, 3.8) is 0 Å². The zero-order valence-electron chi connectivity index (χ0n) is 13.1. The molecule has 0 atom stereocenters. The predicted octanol–water partition coefficient (Wildman–Crippen LogP) is 2.31. The molecule has 0 spiro atoms. The van der Waals surface area contributed by atoms with E-state index in [2.05, 4.69) is 11.9 Å². The van der Waals surface area contributed by atoms with Crippen molar-refractivity contribution in [2.75, 3.05) is 18.1 Å². The van der Waals surface area contributed by atoms with Crippen LogP contribution in [0.15, 0.2) is 12.3 Å². The van der Waals surface area contributed by atoms with Gasteiger partial charge in [0.25, 0.3) is 0 Å². The zero-order valence-corrected chi connectivity index (χ0v) is 13.1. The summed E-state index contributed by atoms with van der Waals surface area (Å²) in [7, 11) is 0. The van der Waals surface area contributed by atoms with Gasteiger partial charge in [-0.05, 0) is 43.2 Å². The zero-order chi connectivity index (χ0) is 15.5. The molecule has 1 saturated carbocycles. The second-order valence-electron chi connectivity index (χ2n) is 6.29. The van der Waals surface area contributed by atoms with E-state index in [4.69, 9.17) is 9.84 Å². The molecular formula is C17H24N2O3. The van der Waals surface area contributed by atoms with Crippen LogP contribution >= 0.6 is 0 Å². The first-order chi connectivity index (χ1) is 10.7. The highest BCUT2D eigenvalue weighted by Gasteiger charge is 2.39. The molecule has 2 aliphatic rings. The lowest BCUT2D eigenvalue weighted by molar-refractivity contribution is -0.120. The number of carbonyl (C=O) groups excluding carboxylic acids is 1. The second-order valence-corrected chi connectivity index (χ2v) is 6.29. The van der Waals surface area contributed by atoms with Gasteiger partial charge < -0.3 is 9.84 Å². The van der Waals surface area contributed by atoms with Gasteiger partial charge in [0.05, 0.1) is 12.8 Å². The number of carbonyl (C=O) groups is 1. The van der Waals surface area contributed by atoms with Gasteiger partial charge in [-0.3, -0.25) is 9.69 Å². The highest BCUT2D eigenvalue weighted by atomic mass is 16.5. The summed E-state index contributed by atoms with van der Waals surface area (Å²) in [6.07, 6.45) is 6.88. The maximum absolute atomic E-state index is 12.3. The van der Waals surface area contributed by atoms with Crippen LogP contribution in [0.2, 0.25) is 0 Å². The van der Waals surface area contributed by atoms with Gasteiger partial charge in [0, 0.05) is 19.1 Å². The highest BCUT2D eigenvalue weighted by molar-refractivity contribution is 5.96. The van der Waals surface area contributed by atoms with Gasteiger partial charge in [0.2, 0.25) is 5.91 Å². The Labute approximate surface area is 131 Å². The molecule has 0 unspecified atom stereocenters. The first kappa shape index (κ1) is 15.3. The van der Waals surface area contributed by atoms with Crippen molar-refractivity contribution in [3.05, 3.63) is 17.8 Å². The summed E-state index contributed by atoms with van der Waals surface area (Å²) in [4.78, 5) is 18.6. The SMILES string of the molecule is CCCCOc1cnc2c(c1)CCC(=O)N2C1CC(CO)C1. The second kappa shape index (κ2) is 6.65. The summed E-state index contributed by atoms with van der Waals surface area (Å²) < 4.78 is 5.71. The molecule has 0 radical (unpaired) electrons. The number of amides is 1. The minimum Gasteiger partial charge on any atom is -0.492 e. The van der Waals surface area contributed by atoms with E-state index in [0.717, 1.165) is 49.2 Å². The Morgan fingerprint density at radius 1 is 1.41 bits per heavy atom. The Balaban J connectivity index is 1.74. The molecule has 5 heteroatoms. The number of aliphatic hydroxyl groups excluding tert-OH is 1. The standard InChI is InChI=1S/C17H24N2O3/c1-2-3-6-22-15-9-13-4-5-16(21)19(17(13)18-10-15)14-7-12(8-14)11-20/h9-10,12,14,20H,2-8,11H2,1H3. The van der Waals surface area contributed by atoms with Crippen molar-refractivity contribution in [1.82, 2.24) is 4.98 Å². The summed E-state index contributed by atoms with van der Waals surface area (Å²) in [5.74, 6) is 2.07. The summed E-state index contributed by atoms with van der Waals surface area (Å²) >= 11 is 0. The first-order valence-corrected chi connectivity index (χ1v) is 8.27. The molecule has 120 valence electrons. The minimum atomic E-state index is 0.154. The van der Waals surface area contributed by atoms with Gasteiger partial charge in [-0.1, -0.05) is 13.3 Å². The number of nitrogens with zero attached hydrogens (tertiary/aromatic N) is 2. The molecule has 0 bridgehead atoms. The number of hydrogen-bond donors (Lipinski definition) is 1. The van der Waals surface area contributed by atoms with Gasteiger partial charge in [0.15, 0.2) is 0 Å². The fourth-order valence-electron chi connectivity index (χ4n) is 3.21. The molecule has 0 saturated heterocycles. The lowest BCUT2D eigenvalue weighted by Gasteiger charge is -2.43. The number of pyridine rings is 1. The van der Waals surface area contributed by atoms with Crippen molar-refractivity contribution in [1.29, 1.82) is 0 Å². The minimum absolute atomic E-state index is 0.154. The Morgan fingerprint density at radius 2 is 2.23 bits per heavy atom. The van der Waals surface area contributed by atoms with Crippen LogP contribution in [0.5, 0.6) is 5.75 Å². The predicted molar refractivity (Wildman–Crippen MR) is 84.0 cm³/mol. The van der Waals surface area contributed by atoms with Crippen molar-refractivity contribution in [2.45, 2.75) is 51.5 Å². The van der Waals surface area contributed by atoms with Gasteiger partial charge in [-0.15, -0.1) is 0 Å². The van der Waals surface area contributed by atoms with E-state index in [1.807, 2.05) is 11.0 Å². The number of aryl methyl sites for hydroxylation is 1. The van der Waals surface area contributed by atoms with Crippen LogP contribution in [0.1, 0.15) is 44.6 Å². The maximum atomic E-state index is 12.3. The van der Waals surface area contributed by atoms with Crippen LogP contribution in [-0.4, -0.2) is 35.3 Å². The fraction of sp³-hybridized carbons (Fsp3) is 0.647. The molecule has 1 N–H and O–H groups in total. The van der Waals surface area contributed by atoms with E-state index in [0.29, 0.717) is 18.9 Å². The largest absolute Gasteiger partial charge is 0.492 e. The van der Waals surface area contributed by atoms with Gasteiger partial charge >= 0.3 is 0 Å². The molecule has 3 rings (SSSR count). The number of ether oxygens (including phenoxy) is 1. The van der Waals surface area contributed by atoms with Crippen molar-refractivity contribution >= 4 is 11.7 Å². The molecule has 1 aliphatic heterocycles. The van der Waals surface area contributed by atoms with Gasteiger partial charge in [0.1, 0.15) is 11.6 Å². The van der Waals surface area contributed by atoms with Crippen LogP contribution in [-0.2, 0) is 11.2 Å². The third-order valence-corrected chi connectivity index (χ3v) is 4.62. The summed E-state index contributed by atoms with van der Waals surface area (Å²) in [5, 5.41) is 9.17. The molecular weight excluding hydrogens is 280 g/mol. The molecule has 1 aromatic heterocycles. The normalized spacial score (nSPS) is 23.9. The Bertz CT molecular complexity index is 541. The van der Waals surface area contributed by atoms with E-state index in [1.165, 1.54) is 0 Å². The average molecular weight is 304 g/mol. The Hall–Kier alpha value is -1.62. The number of unbranched alkanes of at least 4 members (excludes halogenated alkanes) is 1. The first-order valence-electron chi connectivity index (χ1n) is 8.27. The third-order valence-electron chi connectivity index (χ3n) is 4.62. The third kappa shape index (κ3) is 2.95. The fourth-order valence-corrected chi connectivity index (χ4v) is 3.21. The molecule has 0 aromatic carbocycles. The van der Waals surface area contributed by atoms with E-state index >= 15 is 0 Å². The lowest BCUT2D eigenvalue weighted by Crippen LogP contribution is -2.51. The van der Waals surface area contributed by atoms with Crippen LogP contribution < -0.4 is 9.64 Å². The van der Waals surface area contributed by atoms with Crippen molar-refractivity contribution in [2.24, 2.45) is 5.92 Å². The van der Waals surface area contributed by atoms with Crippen LogP contribution in [0.25, 0.3) is 0 Å². The average Bonchev–Trinajstić information content (AvgIpc) is 2.48. The Kier molecular flexibility index (Phi) is 4.62. The Morgan fingerprint density at radius 3 is 2.95 bits per heavy atom. The molecule has 1 aliphatic carbocycles. The summed E-state index contributed by atoms with van der Waals surface area (Å²) in [6.45, 7) is 3.06. The number of aliphatic hydroxyl groups is 1. The van der Waals surface area contributed by atoms with Crippen molar-refractivity contribution in [3.8, 4) is 5.75 Å². The van der Waals surface area contributed by atoms with Crippen LogP contribution in [0.3, 0.4) is 0 Å². The van der Waals surface area contributed by atoms with Crippen LogP contribution in [0, 0.1) is 5.92 Å². The topological polar surface area (TPSA) is 62.7 Å². The van der Waals surface area contributed by atoms with Gasteiger partial charge in [-0.25, -0.2) is 4.98 Å². The smallest absolute Gasteiger partial charge is 0.228 e. The monoisotopic (exact) mass is 304 g/mol. The maximum Gasteiger partial charge on any atom is 0.228 e. The quantitative estimate of drug-likeness (QED) is 0.819. The summed E-state index contributed by atoms with van der Waals surface area (Å²) in [5.41, 5.74) is 1.10. The van der Waals surface area contributed by atoms with E-state index in [-0.39, 0.29) is 18.6 Å². The molecule has 2 heterocycles. The number of rotatable bonds is 6. The molecule has 1 fully saturated rings. The molecule has 22 heavy (non-hydrogen) atoms. The molecule has 5 nitrogen and oxygen atoms in total. The van der Waals surface area contributed by atoms with Gasteiger partial charge in [-0.2, -0.15) is 0 Å². The molecule has 1 amide bonds. The number of aromatic nitrogens is 1. The molecule has 1 aromatic rings. The van der Waals surface area contributed by atoms with E-state index < -0.39 is 0 Å². The lowest BCUT2D eigenvalue weighted by atomic mass is 9.79. The van der Waals surface area contributed by atoms with E-state index in [1.54, 1.807) is 6.20 Å². The number of fused-ring (bicyclic) bond motifs is 1. The summed E-state index contributed by atoms with van der Waals surface area (Å²) in [6, 6.07) is 2.22. The highest BCUT2D eigenvalue weighted by Crippen LogP contribution is 2.38. The van der Waals surface area contributed by atoms with E-state index in [9.17, 15) is 4.79 Å². The number of hydrogen-bond acceptors (Lipinski definition) is 4.